The minimum absolute atomic E-state index is 0.128. The van der Waals surface area contributed by atoms with E-state index in [0.717, 1.165) is 24.2 Å². The fourth-order valence-electron chi connectivity index (χ4n) is 5.34. The SMILES string of the molecule is C=CC(=O)N[C@H]1CCCC[C@H]1N1C(=O)N(c2cnc(Oc3ccccc3)nc2)c2ccnc3sc(C(N)=O)c1c23. The molecule has 4 heterocycles. The number of para-hydroxylation sites is 1. The van der Waals surface area contributed by atoms with Crippen LogP contribution in [-0.4, -0.2) is 44.9 Å². The number of nitrogens with one attached hydrogen (secondary N) is 1. The Morgan fingerprint density at radius 2 is 1.85 bits per heavy atom. The molecule has 2 atom stereocenters. The molecule has 1 fully saturated rings. The third kappa shape index (κ3) is 4.41. The molecular formula is C28H25N7O4S. The van der Waals surface area contributed by atoms with E-state index in [1.165, 1.54) is 23.4 Å². The number of nitrogens with two attached hydrogens (primary N) is 1. The first-order valence-corrected chi connectivity index (χ1v) is 13.6. The van der Waals surface area contributed by atoms with Crippen LogP contribution in [0, 0.1) is 0 Å². The summed E-state index contributed by atoms with van der Waals surface area (Å²) >= 11 is 1.14. The molecule has 4 aromatic rings. The molecule has 1 saturated carbocycles. The molecule has 40 heavy (non-hydrogen) atoms. The van der Waals surface area contributed by atoms with E-state index in [2.05, 4.69) is 26.8 Å². The predicted octanol–water partition coefficient (Wildman–Crippen LogP) is 4.67. The zero-order chi connectivity index (χ0) is 27.8. The lowest BCUT2D eigenvalue weighted by molar-refractivity contribution is -0.117. The Bertz CT molecular complexity index is 1620. The van der Waals surface area contributed by atoms with Crippen molar-refractivity contribution in [2.45, 2.75) is 37.8 Å². The maximum absolute atomic E-state index is 14.4. The van der Waals surface area contributed by atoms with Crippen LogP contribution in [0.4, 0.5) is 21.9 Å². The number of amides is 4. The quantitative estimate of drug-likeness (QED) is 0.315. The van der Waals surface area contributed by atoms with Gasteiger partial charge < -0.3 is 15.8 Å². The molecule has 12 heteroatoms. The van der Waals surface area contributed by atoms with Gasteiger partial charge in [-0.05, 0) is 37.1 Å². The Labute approximate surface area is 233 Å². The molecule has 1 aromatic carbocycles. The van der Waals surface area contributed by atoms with Gasteiger partial charge in [-0.25, -0.2) is 19.7 Å². The predicted molar refractivity (Wildman–Crippen MR) is 151 cm³/mol. The van der Waals surface area contributed by atoms with Gasteiger partial charge in [-0.3, -0.25) is 19.4 Å². The largest absolute Gasteiger partial charge is 0.424 e. The molecule has 1 aliphatic heterocycles. The number of anilines is 3. The number of pyridine rings is 1. The average molecular weight is 556 g/mol. The molecule has 0 bridgehead atoms. The number of carbonyl (C=O) groups is 3. The lowest BCUT2D eigenvalue weighted by Gasteiger charge is -2.44. The van der Waals surface area contributed by atoms with Gasteiger partial charge in [0.25, 0.3) is 5.91 Å². The number of nitrogens with zero attached hydrogens (tertiary/aromatic N) is 5. The molecule has 0 spiro atoms. The topological polar surface area (TPSA) is 144 Å². The second-order valence-electron chi connectivity index (χ2n) is 9.45. The van der Waals surface area contributed by atoms with Gasteiger partial charge in [0.05, 0.1) is 46.9 Å². The van der Waals surface area contributed by atoms with Crippen molar-refractivity contribution >= 4 is 56.5 Å². The van der Waals surface area contributed by atoms with Crippen LogP contribution in [0.25, 0.3) is 10.2 Å². The lowest BCUT2D eigenvalue weighted by Crippen LogP contribution is -2.58. The van der Waals surface area contributed by atoms with Crippen molar-refractivity contribution in [2.24, 2.45) is 5.73 Å². The monoisotopic (exact) mass is 555 g/mol. The van der Waals surface area contributed by atoms with Crippen molar-refractivity contribution in [3.63, 3.8) is 0 Å². The normalized spacial score (nSPS) is 18.4. The average Bonchev–Trinajstić information content (AvgIpc) is 3.36. The summed E-state index contributed by atoms with van der Waals surface area (Å²) in [5.41, 5.74) is 7.17. The van der Waals surface area contributed by atoms with Crippen LogP contribution in [0.1, 0.15) is 35.4 Å². The fourth-order valence-corrected chi connectivity index (χ4v) is 6.35. The standard InChI is InChI=1S/C28H25N7O4S/c1-2-21(36)33-18-10-6-7-11-19(18)35-23-22-20(12-13-30-26(22)40-24(23)25(29)37)34(28(35)38)16-14-31-27(32-15-16)39-17-8-4-3-5-9-17/h2-5,8-9,12-15,18-19H,1,6-7,10-11H2,(H2,29,37)(H,33,36)/t18-,19+/m0/s1. The first-order chi connectivity index (χ1) is 19.5. The molecule has 3 aromatic heterocycles. The summed E-state index contributed by atoms with van der Waals surface area (Å²) in [6.45, 7) is 3.56. The highest BCUT2D eigenvalue weighted by Crippen LogP contribution is 2.49. The van der Waals surface area contributed by atoms with E-state index in [-0.39, 0.29) is 22.8 Å². The number of carbonyl (C=O) groups excluding carboxylic acids is 3. The number of urea groups is 1. The Morgan fingerprint density at radius 1 is 1.10 bits per heavy atom. The maximum Gasteiger partial charge on any atom is 0.334 e. The molecule has 0 unspecified atom stereocenters. The van der Waals surface area contributed by atoms with E-state index in [0.29, 0.717) is 45.9 Å². The summed E-state index contributed by atoms with van der Waals surface area (Å²) in [5.74, 6) is -0.394. The van der Waals surface area contributed by atoms with Crippen molar-refractivity contribution in [2.75, 3.05) is 9.80 Å². The van der Waals surface area contributed by atoms with E-state index >= 15 is 0 Å². The van der Waals surface area contributed by atoms with Crippen LogP contribution in [0.3, 0.4) is 0 Å². The van der Waals surface area contributed by atoms with E-state index in [1.807, 2.05) is 18.2 Å². The molecule has 2 aliphatic rings. The van der Waals surface area contributed by atoms with E-state index in [1.54, 1.807) is 29.3 Å². The van der Waals surface area contributed by atoms with E-state index < -0.39 is 18.0 Å². The number of ether oxygens (including phenoxy) is 1. The van der Waals surface area contributed by atoms with Crippen LogP contribution in [-0.2, 0) is 4.79 Å². The van der Waals surface area contributed by atoms with E-state index in [4.69, 9.17) is 10.5 Å². The number of benzene rings is 1. The van der Waals surface area contributed by atoms with Gasteiger partial charge in [0, 0.05) is 6.20 Å². The molecule has 4 amide bonds. The highest BCUT2D eigenvalue weighted by atomic mass is 32.1. The molecule has 202 valence electrons. The van der Waals surface area contributed by atoms with Crippen molar-refractivity contribution < 1.29 is 19.1 Å². The Morgan fingerprint density at radius 3 is 2.58 bits per heavy atom. The Kier molecular flexibility index (Phi) is 6.60. The van der Waals surface area contributed by atoms with Crippen LogP contribution in [0.5, 0.6) is 11.8 Å². The molecule has 1 aliphatic carbocycles. The minimum Gasteiger partial charge on any atom is -0.424 e. The maximum atomic E-state index is 14.4. The Balaban J connectivity index is 1.46. The van der Waals surface area contributed by atoms with Crippen LogP contribution >= 0.6 is 11.3 Å². The van der Waals surface area contributed by atoms with Gasteiger partial charge in [0.1, 0.15) is 15.5 Å². The summed E-state index contributed by atoms with van der Waals surface area (Å²) in [7, 11) is 0. The number of hydrogen-bond acceptors (Lipinski definition) is 8. The van der Waals surface area contributed by atoms with Gasteiger partial charge in [0.15, 0.2) is 0 Å². The van der Waals surface area contributed by atoms with Gasteiger partial charge in [0.2, 0.25) is 5.91 Å². The molecule has 6 rings (SSSR count). The molecular weight excluding hydrogens is 530 g/mol. The highest BCUT2D eigenvalue weighted by molar-refractivity contribution is 7.21. The van der Waals surface area contributed by atoms with Crippen molar-refractivity contribution in [1.29, 1.82) is 0 Å². The van der Waals surface area contributed by atoms with Crippen molar-refractivity contribution in [3.8, 4) is 11.8 Å². The Hall–Kier alpha value is -4.84. The summed E-state index contributed by atoms with van der Waals surface area (Å²) in [4.78, 5) is 56.4. The van der Waals surface area contributed by atoms with Gasteiger partial charge in [-0.1, -0.05) is 37.6 Å². The molecule has 0 radical (unpaired) electrons. The summed E-state index contributed by atoms with van der Waals surface area (Å²) in [6.07, 6.45) is 8.84. The number of aromatic nitrogens is 3. The first-order valence-electron chi connectivity index (χ1n) is 12.8. The number of thiophene rings is 1. The summed E-state index contributed by atoms with van der Waals surface area (Å²) in [6, 6.07) is 9.79. The minimum atomic E-state index is -0.650. The van der Waals surface area contributed by atoms with Crippen molar-refractivity contribution in [1.82, 2.24) is 20.3 Å². The highest BCUT2D eigenvalue weighted by Gasteiger charge is 2.44. The van der Waals surface area contributed by atoms with E-state index in [9.17, 15) is 14.4 Å². The van der Waals surface area contributed by atoms with Crippen LogP contribution in [0.15, 0.2) is 67.6 Å². The summed E-state index contributed by atoms with van der Waals surface area (Å²) < 4.78 is 5.73. The molecule has 0 saturated heterocycles. The van der Waals surface area contributed by atoms with Crippen LogP contribution < -0.4 is 25.6 Å². The number of hydrogen-bond donors (Lipinski definition) is 2. The fraction of sp³-hybridized carbons (Fsp3) is 0.214. The second-order valence-corrected chi connectivity index (χ2v) is 10.5. The molecule has 3 N–H and O–H groups in total. The lowest BCUT2D eigenvalue weighted by atomic mass is 9.88. The zero-order valence-electron chi connectivity index (χ0n) is 21.3. The van der Waals surface area contributed by atoms with Crippen LogP contribution in [0.2, 0.25) is 0 Å². The third-order valence-electron chi connectivity index (χ3n) is 7.05. The van der Waals surface area contributed by atoms with Gasteiger partial charge in [-0.2, -0.15) is 0 Å². The molecule has 11 nitrogen and oxygen atoms in total. The first kappa shape index (κ1) is 25.4. The third-order valence-corrected chi connectivity index (χ3v) is 8.15. The van der Waals surface area contributed by atoms with Gasteiger partial charge >= 0.3 is 12.0 Å². The number of rotatable bonds is 7. The van der Waals surface area contributed by atoms with Crippen molar-refractivity contribution in [3.05, 3.63) is 72.5 Å². The zero-order valence-corrected chi connectivity index (χ0v) is 22.1. The number of primary amides is 1. The second kappa shape index (κ2) is 10.4. The smallest absolute Gasteiger partial charge is 0.334 e. The summed E-state index contributed by atoms with van der Waals surface area (Å²) in [5, 5.41) is 3.61. The van der Waals surface area contributed by atoms with Gasteiger partial charge in [-0.15, -0.1) is 11.3 Å².